The number of phenolic OH excluding ortho intramolecular Hbond substituents is 1. The van der Waals surface area contributed by atoms with Gasteiger partial charge in [-0.3, -0.25) is 4.79 Å². The van der Waals surface area contributed by atoms with E-state index in [2.05, 4.69) is 15.9 Å². The standard InChI is InChI=1S/C22H23BrO7/c1-26-14-7-11(6-13(23)19(14)24)16-17-10(5-12-9-30-22(25)18(12)16)8-15(27-2)20(28-3)21(17)29-4/h6-8,12,16,18,24H,5,9H2,1-4H3/t12?,16-,18+/m1/s1. The lowest BCUT2D eigenvalue weighted by molar-refractivity contribution is -0.141. The zero-order valence-electron chi connectivity index (χ0n) is 17.2. The van der Waals surface area contributed by atoms with Crippen molar-refractivity contribution in [3.8, 4) is 28.7 Å². The minimum absolute atomic E-state index is 0.00195. The van der Waals surface area contributed by atoms with E-state index >= 15 is 0 Å². The van der Waals surface area contributed by atoms with Gasteiger partial charge in [0.2, 0.25) is 5.75 Å². The molecule has 2 aromatic rings. The van der Waals surface area contributed by atoms with Crippen LogP contribution in [0.25, 0.3) is 0 Å². The molecule has 1 saturated heterocycles. The van der Waals surface area contributed by atoms with E-state index in [0.717, 1.165) is 16.7 Å². The topological polar surface area (TPSA) is 83.5 Å². The van der Waals surface area contributed by atoms with Crippen LogP contribution in [0.3, 0.4) is 0 Å². The SMILES string of the molecule is COc1cc([C@@H]2c3c(cc(OC)c(OC)c3OC)CC3COC(=O)[C@@H]32)cc(Br)c1O. The van der Waals surface area contributed by atoms with Crippen molar-refractivity contribution in [2.24, 2.45) is 11.8 Å². The Labute approximate surface area is 183 Å². The van der Waals surface area contributed by atoms with Crippen LogP contribution in [-0.4, -0.2) is 46.1 Å². The summed E-state index contributed by atoms with van der Waals surface area (Å²) in [7, 11) is 6.19. The number of rotatable bonds is 5. The molecule has 7 nitrogen and oxygen atoms in total. The van der Waals surface area contributed by atoms with Crippen LogP contribution >= 0.6 is 15.9 Å². The zero-order valence-corrected chi connectivity index (χ0v) is 18.7. The molecule has 0 amide bonds. The molecule has 2 aliphatic rings. The van der Waals surface area contributed by atoms with Gasteiger partial charge < -0.3 is 28.8 Å². The van der Waals surface area contributed by atoms with Gasteiger partial charge in [-0.1, -0.05) is 0 Å². The summed E-state index contributed by atoms with van der Waals surface area (Å²) in [6, 6.07) is 5.49. The Balaban J connectivity index is 2.02. The molecule has 8 heteroatoms. The highest BCUT2D eigenvalue weighted by Crippen LogP contribution is 2.55. The number of benzene rings is 2. The van der Waals surface area contributed by atoms with Crippen LogP contribution in [0.2, 0.25) is 0 Å². The Morgan fingerprint density at radius 1 is 1.00 bits per heavy atom. The van der Waals surface area contributed by atoms with E-state index < -0.39 is 0 Å². The van der Waals surface area contributed by atoms with Crippen LogP contribution in [0.15, 0.2) is 22.7 Å². The molecule has 1 aliphatic heterocycles. The number of hydrogen-bond donors (Lipinski definition) is 1. The molecule has 1 unspecified atom stereocenters. The third kappa shape index (κ3) is 3.05. The van der Waals surface area contributed by atoms with Gasteiger partial charge >= 0.3 is 5.97 Å². The van der Waals surface area contributed by atoms with E-state index in [-0.39, 0.29) is 29.5 Å². The maximum Gasteiger partial charge on any atom is 0.310 e. The number of phenols is 1. The quantitative estimate of drug-likeness (QED) is 0.656. The third-order valence-electron chi connectivity index (χ3n) is 5.96. The molecule has 0 aromatic heterocycles. The molecule has 2 aromatic carbocycles. The predicted octanol–water partition coefficient (Wildman–Crippen LogP) is 3.67. The molecule has 1 heterocycles. The number of halogens is 1. The van der Waals surface area contributed by atoms with Crippen LogP contribution < -0.4 is 18.9 Å². The Kier molecular flexibility index (Phi) is 5.44. The summed E-state index contributed by atoms with van der Waals surface area (Å²) in [5.74, 6) is 0.916. The number of hydrogen-bond acceptors (Lipinski definition) is 7. The lowest BCUT2D eigenvalue weighted by Gasteiger charge is -2.35. The molecule has 0 saturated carbocycles. The highest BCUT2D eigenvalue weighted by atomic mass is 79.9. The van der Waals surface area contributed by atoms with Crippen molar-refractivity contribution < 1.29 is 33.6 Å². The number of cyclic esters (lactones) is 1. The fourth-order valence-electron chi connectivity index (χ4n) is 4.68. The molecule has 1 N–H and O–H groups in total. The molecular formula is C22H23BrO7. The number of fused-ring (bicyclic) bond motifs is 2. The molecule has 30 heavy (non-hydrogen) atoms. The lowest BCUT2D eigenvalue weighted by Crippen LogP contribution is -2.32. The van der Waals surface area contributed by atoms with Crippen molar-refractivity contribution >= 4 is 21.9 Å². The molecule has 1 fully saturated rings. The van der Waals surface area contributed by atoms with Gasteiger partial charge in [-0.15, -0.1) is 0 Å². The summed E-state index contributed by atoms with van der Waals surface area (Å²) in [6.45, 7) is 0.368. The van der Waals surface area contributed by atoms with E-state index in [1.165, 1.54) is 7.11 Å². The van der Waals surface area contributed by atoms with E-state index in [1.54, 1.807) is 33.5 Å². The van der Waals surface area contributed by atoms with Crippen molar-refractivity contribution in [2.75, 3.05) is 35.0 Å². The van der Waals surface area contributed by atoms with Gasteiger partial charge in [0.25, 0.3) is 0 Å². The second kappa shape index (κ2) is 7.91. The first-order chi connectivity index (χ1) is 14.4. The van der Waals surface area contributed by atoms with Gasteiger partial charge in [0.05, 0.1) is 45.4 Å². The molecule has 0 spiro atoms. The van der Waals surface area contributed by atoms with Crippen molar-refractivity contribution in [2.45, 2.75) is 12.3 Å². The maximum atomic E-state index is 12.8. The van der Waals surface area contributed by atoms with Gasteiger partial charge in [0.1, 0.15) is 0 Å². The zero-order chi connectivity index (χ0) is 21.6. The highest BCUT2D eigenvalue weighted by Gasteiger charge is 2.49. The average molecular weight is 479 g/mol. The molecule has 4 rings (SSSR count). The van der Waals surface area contributed by atoms with Crippen molar-refractivity contribution in [1.29, 1.82) is 0 Å². The predicted molar refractivity (Wildman–Crippen MR) is 112 cm³/mol. The molecular weight excluding hydrogens is 456 g/mol. The highest BCUT2D eigenvalue weighted by molar-refractivity contribution is 9.10. The molecule has 0 bridgehead atoms. The number of aromatic hydroxyl groups is 1. The van der Waals surface area contributed by atoms with Gasteiger partial charge in [0.15, 0.2) is 23.0 Å². The molecule has 3 atom stereocenters. The number of esters is 1. The summed E-state index contributed by atoms with van der Waals surface area (Å²) in [5, 5.41) is 10.3. The lowest BCUT2D eigenvalue weighted by atomic mass is 9.67. The van der Waals surface area contributed by atoms with Gasteiger partial charge in [-0.05, 0) is 51.7 Å². The second-order valence-corrected chi connectivity index (χ2v) is 8.22. The first-order valence-electron chi connectivity index (χ1n) is 9.49. The normalized spacial score (nSPS) is 22.0. The summed E-state index contributed by atoms with van der Waals surface area (Å²) in [5.41, 5.74) is 2.67. The van der Waals surface area contributed by atoms with Gasteiger partial charge in [-0.25, -0.2) is 0 Å². The fourth-order valence-corrected chi connectivity index (χ4v) is 5.14. The largest absolute Gasteiger partial charge is 0.503 e. The fraction of sp³-hybridized carbons (Fsp3) is 0.409. The summed E-state index contributed by atoms with van der Waals surface area (Å²) < 4.78 is 28.2. The Morgan fingerprint density at radius 3 is 2.33 bits per heavy atom. The average Bonchev–Trinajstić information content (AvgIpc) is 3.12. The molecule has 1 aliphatic carbocycles. The van der Waals surface area contributed by atoms with E-state index in [1.807, 2.05) is 6.07 Å². The Bertz CT molecular complexity index is 1000. The second-order valence-electron chi connectivity index (χ2n) is 7.37. The summed E-state index contributed by atoms with van der Waals surface area (Å²) >= 11 is 3.40. The van der Waals surface area contributed by atoms with Crippen LogP contribution in [0.4, 0.5) is 0 Å². The van der Waals surface area contributed by atoms with Gasteiger partial charge in [0, 0.05) is 17.4 Å². The molecule has 0 radical (unpaired) electrons. The first-order valence-corrected chi connectivity index (χ1v) is 10.3. The Hall–Kier alpha value is -2.61. The van der Waals surface area contributed by atoms with Crippen molar-refractivity contribution in [1.82, 2.24) is 0 Å². The monoisotopic (exact) mass is 478 g/mol. The number of carbonyl (C=O) groups is 1. The minimum Gasteiger partial charge on any atom is -0.503 e. The smallest absolute Gasteiger partial charge is 0.310 e. The Morgan fingerprint density at radius 2 is 1.70 bits per heavy atom. The van der Waals surface area contributed by atoms with E-state index in [4.69, 9.17) is 23.7 Å². The molecule has 160 valence electrons. The van der Waals surface area contributed by atoms with Crippen LogP contribution in [-0.2, 0) is 16.0 Å². The van der Waals surface area contributed by atoms with E-state index in [9.17, 15) is 9.90 Å². The maximum absolute atomic E-state index is 12.8. The minimum atomic E-state index is -0.384. The van der Waals surface area contributed by atoms with Crippen LogP contribution in [0, 0.1) is 11.8 Å². The van der Waals surface area contributed by atoms with Gasteiger partial charge in [-0.2, -0.15) is 0 Å². The van der Waals surface area contributed by atoms with Crippen LogP contribution in [0.1, 0.15) is 22.6 Å². The van der Waals surface area contributed by atoms with Crippen molar-refractivity contribution in [3.05, 3.63) is 39.4 Å². The summed E-state index contributed by atoms with van der Waals surface area (Å²) in [6.07, 6.45) is 0.662. The third-order valence-corrected chi connectivity index (χ3v) is 6.56. The number of methoxy groups -OCH3 is 4. The summed E-state index contributed by atoms with van der Waals surface area (Å²) in [4.78, 5) is 12.8. The number of carbonyl (C=O) groups excluding carboxylic acids is 1. The number of ether oxygens (including phenoxy) is 5. The van der Waals surface area contributed by atoms with Crippen LogP contribution in [0.5, 0.6) is 28.7 Å². The van der Waals surface area contributed by atoms with Crippen molar-refractivity contribution in [3.63, 3.8) is 0 Å². The first kappa shape index (κ1) is 20.7. The van der Waals surface area contributed by atoms with E-state index in [0.29, 0.717) is 40.5 Å².